The summed E-state index contributed by atoms with van der Waals surface area (Å²) < 4.78 is 5.60. The number of piperidine rings is 1. The molecule has 4 nitrogen and oxygen atoms in total. The number of pyridine rings is 1. The van der Waals surface area contributed by atoms with Crippen molar-refractivity contribution >= 4 is 22.5 Å². The number of rotatable bonds is 5. The average molecular weight is 397 g/mol. The minimum absolute atomic E-state index is 0.290. The summed E-state index contributed by atoms with van der Waals surface area (Å²) in [6.07, 6.45) is 2.08. The summed E-state index contributed by atoms with van der Waals surface area (Å²) in [7, 11) is 1.69. The van der Waals surface area contributed by atoms with E-state index in [4.69, 9.17) is 21.3 Å². The van der Waals surface area contributed by atoms with Gasteiger partial charge in [0.2, 0.25) is 0 Å². The number of para-hydroxylation sites is 1. The molecule has 5 heteroatoms. The van der Waals surface area contributed by atoms with Gasteiger partial charge in [0.25, 0.3) is 0 Å². The highest BCUT2D eigenvalue weighted by Gasteiger charge is 2.21. The fourth-order valence-corrected chi connectivity index (χ4v) is 4.11. The summed E-state index contributed by atoms with van der Waals surface area (Å²) in [5.41, 5.74) is 4.00. The first-order valence-corrected chi connectivity index (χ1v) is 10.1. The molecule has 3 aromatic rings. The van der Waals surface area contributed by atoms with Crippen molar-refractivity contribution in [3.8, 4) is 17.0 Å². The molecule has 2 aromatic carbocycles. The van der Waals surface area contributed by atoms with Crippen molar-refractivity contribution in [2.75, 3.05) is 26.8 Å². The van der Waals surface area contributed by atoms with Crippen LogP contribution in [0.1, 0.15) is 18.4 Å². The first kappa shape index (κ1) is 19.2. The van der Waals surface area contributed by atoms with Gasteiger partial charge in [0.05, 0.1) is 18.3 Å². The number of methoxy groups -OCH3 is 1. The van der Waals surface area contributed by atoms with Crippen LogP contribution in [0.25, 0.3) is 22.2 Å². The lowest BCUT2D eigenvalue weighted by Gasteiger charge is -2.31. The maximum Gasteiger partial charge on any atom is 0.128 e. The van der Waals surface area contributed by atoms with E-state index in [2.05, 4.69) is 17.0 Å². The number of likely N-dealkylation sites (tertiary alicyclic amines) is 1. The third-order valence-electron chi connectivity index (χ3n) is 5.58. The number of aliphatic hydroxyl groups is 1. The predicted octanol–water partition coefficient (Wildman–Crippen LogP) is 4.77. The van der Waals surface area contributed by atoms with Gasteiger partial charge < -0.3 is 9.84 Å². The molecule has 1 saturated heterocycles. The van der Waals surface area contributed by atoms with E-state index in [1.54, 1.807) is 7.11 Å². The Morgan fingerprint density at radius 1 is 1.14 bits per heavy atom. The third kappa shape index (κ3) is 4.00. The van der Waals surface area contributed by atoms with Crippen molar-refractivity contribution in [1.82, 2.24) is 9.88 Å². The summed E-state index contributed by atoms with van der Waals surface area (Å²) in [5.74, 6) is 1.25. The van der Waals surface area contributed by atoms with Crippen molar-refractivity contribution in [3.05, 3.63) is 59.1 Å². The average Bonchev–Trinajstić information content (AvgIpc) is 2.74. The minimum Gasteiger partial charge on any atom is -0.496 e. The number of ether oxygens (including phenoxy) is 1. The first-order valence-electron chi connectivity index (χ1n) is 9.73. The van der Waals surface area contributed by atoms with E-state index in [9.17, 15) is 5.11 Å². The van der Waals surface area contributed by atoms with Gasteiger partial charge in [0.15, 0.2) is 0 Å². The Bertz CT molecular complexity index is 968. The Kier molecular flexibility index (Phi) is 5.81. The van der Waals surface area contributed by atoms with Crippen LogP contribution in [0.3, 0.4) is 0 Å². The number of nitrogens with zero attached hydrogens (tertiary/aromatic N) is 2. The molecule has 0 unspecified atom stereocenters. The van der Waals surface area contributed by atoms with Crippen LogP contribution in [0.5, 0.6) is 5.75 Å². The predicted molar refractivity (Wildman–Crippen MR) is 114 cm³/mol. The van der Waals surface area contributed by atoms with Gasteiger partial charge in [-0.3, -0.25) is 4.90 Å². The molecule has 2 heterocycles. The number of aromatic nitrogens is 1. The number of benzene rings is 2. The van der Waals surface area contributed by atoms with E-state index < -0.39 is 0 Å². The Labute approximate surface area is 170 Å². The van der Waals surface area contributed by atoms with E-state index in [0.29, 0.717) is 17.5 Å². The maximum atomic E-state index is 9.41. The lowest BCUT2D eigenvalue weighted by molar-refractivity contribution is 0.127. The Morgan fingerprint density at radius 3 is 2.68 bits per heavy atom. The molecule has 1 aromatic heterocycles. The molecular formula is C23H25ClN2O2. The van der Waals surface area contributed by atoms with Crippen LogP contribution in [-0.4, -0.2) is 41.8 Å². The lowest BCUT2D eigenvalue weighted by Crippen LogP contribution is -2.34. The molecule has 4 rings (SSSR count). The van der Waals surface area contributed by atoms with E-state index in [-0.39, 0.29) is 0 Å². The van der Waals surface area contributed by atoms with Crippen LogP contribution in [-0.2, 0) is 6.54 Å². The van der Waals surface area contributed by atoms with Crippen molar-refractivity contribution in [3.63, 3.8) is 0 Å². The van der Waals surface area contributed by atoms with Crippen molar-refractivity contribution in [2.45, 2.75) is 19.4 Å². The normalized spacial score (nSPS) is 15.8. The first-order chi connectivity index (χ1) is 13.7. The molecule has 0 amide bonds. The molecule has 1 N–H and O–H groups in total. The number of aliphatic hydroxyl groups excluding tert-OH is 1. The van der Waals surface area contributed by atoms with Crippen LogP contribution in [0.4, 0.5) is 0 Å². The van der Waals surface area contributed by atoms with Crippen LogP contribution in [0, 0.1) is 5.92 Å². The highest BCUT2D eigenvalue weighted by molar-refractivity contribution is 6.31. The number of fused-ring (bicyclic) bond motifs is 1. The van der Waals surface area contributed by atoms with Crippen LogP contribution >= 0.6 is 11.6 Å². The number of hydrogen-bond donors (Lipinski definition) is 1. The van der Waals surface area contributed by atoms with Gasteiger partial charge in [0, 0.05) is 29.1 Å². The molecule has 0 saturated carbocycles. The highest BCUT2D eigenvalue weighted by atomic mass is 35.5. The summed E-state index contributed by atoms with van der Waals surface area (Å²) in [4.78, 5) is 7.43. The largest absolute Gasteiger partial charge is 0.496 e. The van der Waals surface area contributed by atoms with Crippen molar-refractivity contribution < 1.29 is 9.84 Å². The zero-order chi connectivity index (χ0) is 19.5. The molecule has 0 spiro atoms. The van der Waals surface area contributed by atoms with Gasteiger partial charge in [-0.1, -0.05) is 29.8 Å². The topological polar surface area (TPSA) is 45.6 Å². The Morgan fingerprint density at radius 2 is 1.93 bits per heavy atom. The fraction of sp³-hybridized carbons (Fsp3) is 0.348. The van der Waals surface area contributed by atoms with Crippen LogP contribution < -0.4 is 4.74 Å². The molecule has 28 heavy (non-hydrogen) atoms. The van der Waals surface area contributed by atoms with E-state index in [1.807, 2.05) is 36.4 Å². The second kappa shape index (κ2) is 8.48. The van der Waals surface area contributed by atoms with Gasteiger partial charge >= 0.3 is 0 Å². The summed E-state index contributed by atoms with van der Waals surface area (Å²) in [6, 6.07) is 16.1. The molecular weight excluding hydrogens is 372 g/mol. The molecule has 0 bridgehead atoms. The zero-order valence-electron chi connectivity index (χ0n) is 16.1. The maximum absolute atomic E-state index is 9.41. The molecule has 1 aliphatic heterocycles. The van der Waals surface area contributed by atoms with Crippen molar-refractivity contribution in [1.29, 1.82) is 0 Å². The van der Waals surface area contributed by atoms with Gasteiger partial charge in [-0.05, 0) is 67.7 Å². The Hall–Kier alpha value is -2.14. The molecule has 146 valence electrons. The van der Waals surface area contributed by atoms with Gasteiger partial charge in [0.1, 0.15) is 5.75 Å². The second-order valence-corrected chi connectivity index (χ2v) is 7.87. The SMILES string of the molecule is COc1ccccc1-c1nc2cc(Cl)ccc2cc1CN1CCC(CO)CC1. The van der Waals surface area contributed by atoms with E-state index >= 15 is 0 Å². The number of hydrogen-bond acceptors (Lipinski definition) is 4. The van der Waals surface area contributed by atoms with Crippen LogP contribution in [0.2, 0.25) is 5.02 Å². The van der Waals surface area contributed by atoms with E-state index in [0.717, 1.165) is 60.4 Å². The second-order valence-electron chi connectivity index (χ2n) is 7.44. The van der Waals surface area contributed by atoms with Crippen molar-refractivity contribution in [2.24, 2.45) is 5.92 Å². The Balaban J connectivity index is 1.76. The minimum atomic E-state index is 0.290. The monoisotopic (exact) mass is 396 g/mol. The highest BCUT2D eigenvalue weighted by Crippen LogP contribution is 2.34. The smallest absolute Gasteiger partial charge is 0.128 e. The summed E-state index contributed by atoms with van der Waals surface area (Å²) >= 11 is 6.21. The molecule has 0 aliphatic carbocycles. The van der Waals surface area contributed by atoms with Gasteiger partial charge in [-0.2, -0.15) is 0 Å². The lowest BCUT2D eigenvalue weighted by atomic mass is 9.96. The van der Waals surface area contributed by atoms with Gasteiger partial charge in [-0.15, -0.1) is 0 Å². The third-order valence-corrected chi connectivity index (χ3v) is 5.82. The standard InChI is InChI=1S/C23H25ClN2O2/c1-28-22-5-3-2-4-20(22)23-18(14-26-10-8-16(15-27)9-11-26)12-17-6-7-19(24)13-21(17)25-23/h2-7,12-13,16,27H,8-11,14-15H2,1H3. The quantitative estimate of drug-likeness (QED) is 0.674. The van der Waals surface area contributed by atoms with Crippen LogP contribution in [0.15, 0.2) is 48.5 Å². The summed E-state index contributed by atoms with van der Waals surface area (Å²) in [6.45, 7) is 3.11. The van der Waals surface area contributed by atoms with Gasteiger partial charge in [-0.25, -0.2) is 4.98 Å². The molecule has 1 aliphatic rings. The molecule has 1 fully saturated rings. The summed E-state index contributed by atoms with van der Waals surface area (Å²) in [5, 5.41) is 11.2. The van der Waals surface area contributed by atoms with E-state index in [1.165, 1.54) is 5.56 Å². The number of halogens is 1. The zero-order valence-corrected chi connectivity index (χ0v) is 16.8. The molecule has 0 radical (unpaired) electrons. The molecule has 0 atom stereocenters. The fourth-order valence-electron chi connectivity index (χ4n) is 3.95.